The van der Waals surface area contributed by atoms with Gasteiger partial charge in [0.2, 0.25) is 0 Å². The van der Waals surface area contributed by atoms with Gasteiger partial charge >= 0.3 is 0 Å². The monoisotopic (exact) mass is 266 g/mol. The summed E-state index contributed by atoms with van der Waals surface area (Å²) in [5.74, 6) is 1.64. The summed E-state index contributed by atoms with van der Waals surface area (Å²) in [6.07, 6.45) is 0. The molecule has 2 rings (SSSR count). The van der Waals surface area contributed by atoms with Crippen LogP contribution in [0, 0.1) is 0 Å². The number of benzene rings is 1. The van der Waals surface area contributed by atoms with Gasteiger partial charge in [0.05, 0.1) is 32.6 Å². The van der Waals surface area contributed by atoms with Crippen molar-refractivity contribution >= 4 is 5.69 Å². The van der Waals surface area contributed by atoms with Gasteiger partial charge in [-0.25, -0.2) is 0 Å². The first kappa shape index (κ1) is 14.0. The van der Waals surface area contributed by atoms with E-state index in [0.717, 1.165) is 36.8 Å². The van der Waals surface area contributed by atoms with Gasteiger partial charge in [0, 0.05) is 32.8 Å². The highest BCUT2D eigenvalue weighted by Crippen LogP contribution is 2.33. The lowest BCUT2D eigenvalue weighted by Gasteiger charge is -2.38. The second kappa shape index (κ2) is 6.63. The van der Waals surface area contributed by atoms with Crippen LogP contribution in [0.25, 0.3) is 0 Å². The molecule has 1 aliphatic heterocycles. The maximum atomic E-state index is 5.48. The first-order valence-corrected chi connectivity index (χ1v) is 6.48. The normalized spacial score (nSPS) is 19.3. The van der Waals surface area contributed by atoms with Crippen LogP contribution in [0.15, 0.2) is 18.2 Å². The Hall–Kier alpha value is -1.46. The van der Waals surface area contributed by atoms with Crippen molar-refractivity contribution in [2.75, 3.05) is 52.5 Å². The minimum atomic E-state index is 0.320. The molecule has 0 aromatic heterocycles. The van der Waals surface area contributed by atoms with Crippen LogP contribution >= 0.6 is 0 Å². The number of piperazine rings is 1. The third kappa shape index (κ3) is 3.11. The Kier molecular flexibility index (Phi) is 4.87. The third-order valence-corrected chi connectivity index (χ3v) is 3.41. The number of methoxy groups -OCH3 is 3. The van der Waals surface area contributed by atoms with E-state index in [1.807, 2.05) is 18.2 Å². The lowest BCUT2D eigenvalue weighted by molar-refractivity contribution is 0.170. The number of ether oxygens (including phenoxy) is 3. The van der Waals surface area contributed by atoms with Crippen LogP contribution in [0.5, 0.6) is 11.5 Å². The molecular weight excluding hydrogens is 244 g/mol. The van der Waals surface area contributed by atoms with E-state index < -0.39 is 0 Å². The molecule has 1 heterocycles. The summed E-state index contributed by atoms with van der Waals surface area (Å²) < 4.78 is 16.0. The van der Waals surface area contributed by atoms with Crippen LogP contribution in [-0.4, -0.2) is 53.6 Å². The van der Waals surface area contributed by atoms with Crippen molar-refractivity contribution in [3.8, 4) is 11.5 Å². The third-order valence-electron chi connectivity index (χ3n) is 3.41. The van der Waals surface area contributed by atoms with Crippen molar-refractivity contribution < 1.29 is 14.2 Å². The maximum Gasteiger partial charge on any atom is 0.145 e. The molecule has 0 spiro atoms. The zero-order valence-corrected chi connectivity index (χ0v) is 11.8. The van der Waals surface area contributed by atoms with Crippen LogP contribution in [0.4, 0.5) is 5.69 Å². The van der Waals surface area contributed by atoms with Crippen molar-refractivity contribution in [2.24, 2.45) is 0 Å². The summed E-state index contributed by atoms with van der Waals surface area (Å²) >= 11 is 0. The molecule has 5 heteroatoms. The summed E-state index contributed by atoms with van der Waals surface area (Å²) in [6.45, 7) is 3.53. The summed E-state index contributed by atoms with van der Waals surface area (Å²) in [7, 11) is 5.08. The van der Waals surface area contributed by atoms with Crippen LogP contribution in [-0.2, 0) is 4.74 Å². The maximum absolute atomic E-state index is 5.48. The molecule has 1 fully saturated rings. The average molecular weight is 266 g/mol. The number of anilines is 1. The van der Waals surface area contributed by atoms with Gasteiger partial charge in [-0.3, -0.25) is 0 Å². The SMILES string of the molecule is COCC1CNCCN1c1ccc(OC)cc1OC. The molecule has 106 valence electrons. The Morgan fingerprint density at radius 2 is 2.11 bits per heavy atom. The topological polar surface area (TPSA) is 43.0 Å². The minimum Gasteiger partial charge on any atom is -0.497 e. The lowest BCUT2D eigenvalue weighted by Crippen LogP contribution is -2.53. The van der Waals surface area contributed by atoms with Crippen LogP contribution in [0.2, 0.25) is 0 Å². The molecule has 19 heavy (non-hydrogen) atoms. The van der Waals surface area contributed by atoms with Crippen LogP contribution in [0.3, 0.4) is 0 Å². The van der Waals surface area contributed by atoms with Gasteiger partial charge < -0.3 is 24.4 Å². The lowest BCUT2D eigenvalue weighted by atomic mass is 10.1. The highest BCUT2D eigenvalue weighted by Gasteiger charge is 2.24. The molecule has 1 atom stereocenters. The van der Waals surface area contributed by atoms with Crippen molar-refractivity contribution in [3.05, 3.63) is 18.2 Å². The molecule has 1 aromatic carbocycles. The fourth-order valence-corrected chi connectivity index (χ4v) is 2.44. The van der Waals surface area contributed by atoms with Crippen molar-refractivity contribution in [3.63, 3.8) is 0 Å². The Bertz CT molecular complexity index is 410. The van der Waals surface area contributed by atoms with E-state index in [1.54, 1.807) is 21.3 Å². The highest BCUT2D eigenvalue weighted by molar-refractivity contribution is 5.62. The van der Waals surface area contributed by atoms with Gasteiger partial charge in [0.15, 0.2) is 0 Å². The van der Waals surface area contributed by atoms with E-state index >= 15 is 0 Å². The van der Waals surface area contributed by atoms with Gasteiger partial charge in [-0.2, -0.15) is 0 Å². The fourth-order valence-electron chi connectivity index (χ4n) is 2.44. The Morgan fingerprint density at radius 1 is 1.26 bits per heavy atom. The summed E-state index contributed by atoms with van der Waals surface area (Å²) in [4.78, 5) is 2.33. The number of rotatable bonds is 5. The molecule has 1 aliphatic rings. The molecule has 5 nitrogen and oxygen atoms in total. The Morgan fingerprint density at radius 3 is 2.79 bits per heavy atom. The van der Waals surface area contributed by atoms with Crippen LogP contribution in [0.1, 0.15) is 0 Å². The van der Waals surface area contributed by atoms with Crippen molar-refractivity contribution in [1.29, 1.82) is 0 Å². The van der Waals surface area contributed by atoms with Crippen LogP contribution < -0.4 is 19.7 Å². The van der Waals surface area contributed by atoms with Crippen molar-refractivity contribution in [1.82, 2.24) is 5.32 Å². The zero-order valence-electron chi connectivity index (χ0n) is 11.8. The van der Waals surface area contributed by atoms with Gasteiger partial charge in [-0.05, 0) is 12.1 Å². The quantitative estimate of drug-likeness (QED) is 0.865. The first-order chi connectivity index (χ1) is 9.30. The number of hydrogen-bond donors (Lipinski definition) is 1. The molecule has 0 saturated carbocycles. The van der Waals surface area contributed by atoms with E-state index in [4.69, 9.17) is 14.2 Å². The highest BCUT2D eigenvalue weighted by atomic mass is 16.5. The number of hydrogen-bond acceptors (Lipinski definition) is 5. The summed E-state index contributed by atoms with van der Waals surface area (Å²) in [5.41, 5.74) is 1.09. The molecule has 1 aromatic rings. The van der Waals surface area contributed by atoms with Gasteiger partial charge in [-0.1, -0.05) is 0 Å². The number of nitrogens with zero attached hydrogens (tertiary/aromatic N) is 1. The second-order valence-electron chi connectivity index (χ2n) is 4.54. The van der Waals surface area contributed by atoms with E-state index in [9.17, 15) is 0 Å². The molecule has 0 radical (unpaired) electrons. The predicted molar refractivity (Wildman–Crippen MR) is 75.4 cm³/mol. The van der Waals surface area contributed by atoms with Gasteiger partial charge in [-0.15, -0.1) is 0 Å². The smallest absolute Gasteiger partial charge is 0.145 e. The van der Waals surface area contributed by atoms with E-state index in [0.29, 0.717) is 12.6 Å². The summed E-state index contributed by atoms with van der Waals surface area (Å²) in [6, 6.07) is 6.25. The zero-order chi connectivity index (χ0) is 13.7. The first-order valence-electron chi connectivity index (χ1n) is 6.48. The molecule has 0 aliphatic carbocycles. The van der Waals surface area contributed by atoms with E-state index in [-0.39, 0.29) is 0 Å². The molecular formula is C14H22N2O3. The number of nitrogens with one attached hydrogen (secondary N) is 1. The minimum absolute atomic E-state index is 0.320. The molecule has 1 unspecified atom stereocenters. The largest absolute Gasteiger partial charge is 0.497 e. The Labute approximate surface area is 114 Å². The van der Waals surface area contributed by atoms with Crippen molar-refractivity contribution in [2.45, 2.75) is 6.04 Å². The van der Waals surface area contributed by atoms with Gasteiger partial charge in [0.1, 0.15) is 11.5 Å². The van der Waals surface area contributed by atoms with Gasteiger partial charge in [0.25, 0.3) is 0 Å². The predicted octanol–water partition coefficient (Wildman–Crippen LogP) is 1.13. The fraction of sp³-hybridized carbons (Fsp3) is 0.571. The summed E-state index contributed by atoms with van der Waals surface area (Å²) in [5, 5.41) is 3.39. The standard InChI is InChI=1S/C14H22N2O3/c1-17-10-11-9-15-6-7-16(11)13-5-4-12(18-2)8-14(13)19-3/h4-5,8,11,15H,6-7,9-10H2,1-3H3. The average Bonchev–Trinajstić information content (AvgIpc) is 2.47. The molecule has 0 bridgehead atoms. The van der Waals surface area contributed by atoms with E-state index in [1.165, 1.54) is 0 Å². The van der Waals surface area contributed by atoms with E-state index in [2.05, 4.69) is 10.2 Å². The second-order valence-corrected chi connectivity index (χ2v) is 4.54. The Balaban J connectivity index is 2.27. The molecule has 1 saturated heterocycles. The molecule has 1 N–H and O–H groups in total. The molecule has 0 amide bonds.